The highest BCUT2D eigenvalue weighted by Gasteiger charge is 2.38. The predicted molar refractivity (Wildman–Crippen MR) is 87.2 cm³/mol. The number of non-ortho nitro benzene ring substituents is 1. The van der Waals surface area contributed by atoms with E-state index in [1.54, 1.807) is 22.9 Å². The molecule has 9 nitrogen and oxygen atoms in total. The first-order chi connectivity index (χ1) is 11.9. The van der Waals surface area contributed by atoms with Crippen molar-refractivity contribution >= 4 is 28.5 Å². The van der Waals surface area contributed by atoms with Gasteiger partial charge in [-0.05, 0) is 18.6 Å². The van der Waals surface area contributed by atoms with E-state index in [2.05, 4.69) is 5.32 Å². The Hall–Kier alpha value is -2.94. The van der Waals surface area contributed by atoms with Gasteiger partial charge in [0, 0.05) is 35.8 Å². The van der Waals surface area contributed by atoms with Crippen molar-refractivity contribution < 1.29 is 24.4 Å². The number of nitro benzene ring substituents is 1. The first-order valence-corrected chi connectivity index (χ1v) is 7.72. The van der Waals surface area contributed by atoms with E-state index in [4.69, 9.17) is 9.84 Å². The molecule has 9 heteroatoms. The quantitative estimate of drug-likeness (QED) is 0.599. The molecule has 3 rings (SSSR count). The lowest BCUT2D eigenvalue weighted by atomic mass is 9.94. The van der Waals surface area contributed by atoms with Gasteiger partial charge in [0.1, 0.15) is 6.54 Å². The summed E-state index contributed by atoms with van der Waals surface area (Å²) in [5.74, 6) is -1.33. The van der Waals surface area contributed by atoms with E-state index < -0.39 is 16.4 Å². The minimum absolute atomic E-state index is 0.0112. The fraction of sp³-hybridized carbons (Fsp3) is 0.375. The number of rotatable bonds is 6. The summed E-state index contributed by atoms with van der Waals surface area (Å²) in [5.41, 5.74) is -0.209. The lowest BCUT2D eigenvalue weighted by Crippen LogP contribution is -2.51. The third kappa shape index (κ3) is 3.61. The van der Waals surface area contributed by atoms with Gasteiger partial charge in [-0.2, -0.15) is 0 Å². The van der Waals surface area contributed by atoms with Crippen LogP contribution in [0.15, 0.2) is 30.5 Å². The average Bonchev–Trinajstić information content (AvgIpc) is 3.13. The van der Waals surface area contributed by atoms with Gasteiger partial charge in [0.2, 0.25) is 5.91 Å². The predicted octanol–water partition coefficient (Wildman–Crippen LogP) is 1.30. The number of ether oxygens (including phenoxy) is 1. The van der Waals surface area contributed by atoms with Crippen molar-refractivity contribution in [2.24, 2.45) is 0 Å². The summed E-state index contributed by atoms with van der Waals surface area (Å²) in [5, 5.41) is 23.3. The molecule has 1 amide bonds. The molecule has 1 aromatic heterocycles. The lowest BCUT2D eigenvalue weighted by molar-refractivity contribution is -0.384. The van der Waals surface area contributed by atoms with Crippen LogP contribution in [0.1, 0.15) is 12.8 Å². The summed E-state index contributed by atoms with van der Waals surface area (Å²) in [7, 11) is 0. The fourth-order valence-corrected chi connectivity index (χ4v) is 3.11. The van der Waals surface area contributed by atoms with Gasteiger partial charge >= 0.3 is 5.97 Å². The van der Waals surface area contributed by atoms with E-state index in [9.17, 15) is 19.7 Å². The molecule has 1 aromatic carbocycles. The summed E-state index contributed by atoms with van der Waals surface area (Å²) in [6.07, 6.45) is 1.92. The molecule has 1 atom stereocenters. The van der Waals surface area contributed by atoms with Crippen LogP contribution in [0.4, 0.5) is 5.69 Å². The average molecular weight is 347 g/mol. The number of nitrogens with one attached hydrogen (secondary N) is 1. The van der Waals surface area contributed by atoms with E-state index in [-0.39, 0.29) is 31.2 Å². The third-order valence-electron chi connectivity index (χ3n) is 4.28. The molecule has 1 unspecified atom stereocenters. The number of hydrogen-bond donors (Lipinski definition) is 2. The number of fused-ring (bicyclic) bond motifs is 1. The Morgan fingerprint density at radius 1 is 1.40 bits per heavy atom. The minimum Gasteiger partial charge on any atom is -0.481 e. The van der Waals surface area contributed by atoms with Gasteiger partial charge in [-0.15, -0.1) is 0 Å². The molecular formula is C16H17N3O6. The molecule has 0 aliphatic carbocycles. The highest BCUT2D eigenvalue weighted by Crippen LogP contribution is 2.24. The van der Waals surface area contributed by atoms with E-state index in [1.165, 1.54) is 12.1 Å². The zero-order chi connectivity index (χ0) is 18.0. The molecule has 2 aromatic rings. The van der Waals surface area contributed by atoms with Gasteiger partial charge in [-0.1, -0.05) is 0 Å². The summed E-state index contributed by atoms with van der Waals surface area (Å²) < 4.78 is 6.92. The Labute approximate surface area is 142 Å². The number of aromatic nitrogens is 1. The zero-order valence-corrected chi connectivity index (χ0v) is 13.3. The highest BCUT2D eigenvalue weighted by atomic mass is 16.6. The van der Waals surface area contributed by atoms with Crippen molar-refractivity contribution in [3.8, 4) is 0 Å². The van der Waals surface area contributed by atoms with Gasteiger partial charge < -0.3 is 19.7 Å². The van der Waals surface area contributed by atoms with Gasteiger partial charge in [0.15, 0.2) is 0 Å². The monoisotopic (exact) mass is 347 g/mol. The topological polar surface area (TPSA) is 124 Å². The van der Waals surface area contributed by atoms with Crippen molar-refractivity contribution in [2.75, 3.05) is 13.2 Å². The largest absolute Gasteiger partial charge is 0.481 e. The van der Waals surface area contributed by atoms with Crippen molar-refractivity contribution in [2.45, 2.75) is 24.9 Å². The van der Waals surface area contributed by atoms with Crippen LogP contribution in [-0.4, -0.2) is 45.2 Å². The maximum atomic E-state index is 12.4. The fourth-order valence-electron chi connectivity index (χ4n) is 3.11. The number of aliphatic carboxylic acids is 1. The van der Waals surface area contributed by atoms with Crippen molar-refractivity contribution in [1.82, 2.24) is 9.88 Å². The Bertz CT molecular complexity index is 838. The number of hydrogen-bond acceptors (Lipinski definition) is 5. The molecule has 1 aliphatic heterocycles. The molecule has 132 valence electrons. The van der Waals surface area contributed by atoms with Crippen molar-refractivity contribution in [1.29, 1.82) is 0 Å². The summed E-state index contributed by atoms with van der Waals surface area (Å²) in [6, 6.07) is 6.11. The zero-order valence-electron chi connectivity index (χ0n) is 13.3. The van der Waals surface area contributed by atoms with Crippen LogP contribution in [0.3, 0.4) is 0 Å². The molecular weight excluding hydrogens is 330 g/mol. The molecule has 1 aliphatic rings. The number of nitro groups is 1. The van der Waals surface area contributed by atoms with Crippen molar-refractivity contribution in [3.05, 3.63) is 40.6 Å². The molecule has 0 bridgehead atoms. The van der Waals surface area contributed by atoms with Crippen LogP contribution < -0.4 is 5.32 Å². The first-order valence-electron chi connectivity index (χ1n) is 7.72. The van der Waals surface area contributed by atoms with Gasteiger partial charge in [-0.25, -0.2) is 0 Å². The van der Waals surface area contributed by atoms with E-state index in [1.807, 2.05) is 0 Å². The molecule has 2 heterocycles. The van der Waals surface area contributed by atoms with E-state index >= 15 is 0 Å². The number of carbonyl (C=O) groups is 2. The van der Waals surface area contributed by atoms with Crippen LogP contribution in [-0.2, 0) is 20.9 Å². The molecule has 1 saturated heterocycles. The Morgan fingerprint density at radius 3 is 2.84 bits per heavy atom. The number of amides is 1. The number of carbonyl (C=O) groups excluding carboxylic acids is 1. The number of carboxylic acids is 1. The molecule has 1 fully saturated rings. The van der Waals surface area contributed by atoms with Gasteiger partial charge in [0.05, 0.1) is 23.5 Å². The number of carboxylic acid groups (broad SMARTS) is 1. The maximum absolute atomic E-state index is 12.4. The number of nitrogens with zero attached hydrogens (tertiary/aromatic N) is 2. The van der Waals surface area contributed by atoms with Crippen LogP contribution in [0.5, 0.6) is 0 Å². The standard InChI is InChI=1S/C16H17N3O6/c20-14(17-16(8-15(21)22)4-6-25-10-16)9-18-5-3-11-7-12(19(23)24)1-2-13(11)18/h1-3,5,7H,4,6,8-10H2,(H,17,20)(H,21,22). The van der Waals surface area contributed by atoms with Gasteiger partial charge in [-0.3, -0.25) is 19.7 Å². The summed E-state index contributed by atoms with van der Waals surface area (Å²) in [4.78, 5) is 33.8. The van der Waals surface area contributed by atoms with Crippen LogP contribution in [0, 0.1) is 10.1 Å². The van der Waals surface area contributed by atoms with Crippen LogP contribution in [0.25, 0.3) is 10.9 Å². The normalized spacial score (nSPS) is 19.8. The van der Waals surface area contributed by atoms with Crippen LogP contribution >= 0.6 is 0 Å². The van der Waals surface area contributed by atoms with Crippen LogP contribution in [0.2, 0.25) is 0 Å². The maximum Gasteiger partial charge on any atom is 0.305 e. The third-order valence-corrected chi connectivity index (χ3v) is 4.28. The molecule has 2 N–H and O–H groups in total. The lowest BCUT2D eigenvalue weighted by Gasteiger charge is -2.27. The highest BCUT2D eigenvalue weighted by molar-refractivity contribution is 5.85. The van der Waals surface area contributed by atoms with Gasteiger partial charge in [0.25, 0.3) is 5.69 Å². The van der Waals surface area contributed by atoms with Crippen molar-refractivity contribution in [3.63, 3.8) is 0 Å². The summed E-state index contributed by atoms with van der Waals surface area (Å²) >= 11 is 0. The summed E-state index contributed by atoms with van der Waals surface area (Å²) in [6.45, 7) is 0.565. The van der Waals surface area contributed by atoms with E-state index in [0.29, 0.717) is 23.9 Å². The molecule has 25 heavy (non-hydrogen) atoms. The Morgan fingerprint density at radius 2 is 2.20 bits per heavy atom. The SMILES string of the molecule is O=C(O)CC1(NC(=O)Cn2ccc3cc([N+](=O)[O-])ccc32)CCOC1. The number of benzene rings is 1. The minimum atomic E-state index is -0.996. The molecule has 0 radical (unpaired) electrons. The Kier molecular flexibility index (Phi) is 4.41. The second kappa shape index (κ2) is 6.52. The Balaban J connectivity index is 1.75. The van der Waals surface area contributed by atoms with E-state index in [0.717, 1.165) is 0 Å². The smallest absolute Gasteiger partial charge is 0.305 e. The second-order valence-electron chi connectivity index (χ2n) is 6.15. The molecule has 0 saturated carbocycles. The first kappa shape index (κ1) is 16.9. The molecule has 0 spiro atoms. The second-order valence-corrected chi connectivity index (χ2v) is 6.15.